The summed E-state index contributed by atoms with van der Waals surface area (Å²) < 4.78 is 136. The molecule has 0 aromatic heterocycles. The van der Waals surface area contributed by atoms with Crippen molar-refractivity contribution in [3.8, 4) is 0 Å². The lowest BCUT2D eigenvalue weighted by Crippen LogP contribution is -2.41. The lowest BCUT2D eigenvalue weighted by Gasteiger charge is -2.32. The van der Waals surface area contributed by atoms with E-state index in [1.807, 2.05) is 0 Å². The van der Waals surface area contributed by atoms with E-state index in [0.717, 1.165) is 6.07 Å². The van der Waals surface area contributed by atoms with Gasteiger partial charge in [0, 0.05) is 0 Å². The van der Waals surface area contributed by atoms with Crippen LogP contribution in [0.3, 0.4) is 0 Å². The Kier molecular flexibility index (Phi) is 7.95. The Morgan fingerprint density at radius 2 is 1.09 bits per heavy atom. The molecule has 2 aliphatic rings. The first-order valence-corrected chi connectivity index (χ1v) is 14.8. The maximum atomic E-state index is 14.3. The number of hydrogen-bond donors (Lipinski definition) is 1. The van der Waals surface area contributed by atoms with Crippen LogP contribution >= 0.6 is 0 Å². The second kappa shape index (κ2) is 10.2. The number of carboxylic acids is 1. The molecule has 240 valence electrons. The summed E-state index contributed by atoms with van der Waals surface area (Å²) in [6.45, 7) is 12.8. The van der Waals surface area contributed by atoms with Gasteiger partial charge in [-0.1, -0.05) is 6.07 Å². The van der Waals surface area contributed by atoms with Crippen LogP contribution in [0.5, 0.6) is 0 Å². The van der Waals surface area contributed by atoms with Gasteiger partial charge in [-0.3, -0.25) is 0 Å². The van der Waals surface area contributed by atoms with Gasteiger partial charge in [0.25, 0.3) is 0 Å². The molecule has 4 rings (SSSR count). The zero-order valence-corrected chi connectivity index (χ0v) is 25.8. The second-order valence-corrected chi connectivity index (χ2v) is 14.6. The van der Waals surface area contributed by atoms with Gasteiger partial charge in [0.05, 0.1) is 48.9 Å². The number of halogens is 6. The molecule has 2 fully saturated rings. The summed E-state index contributed by atoms with van der Waals surface area (Å²) in [5, 5.41) is 9.82. The highest BCUT2D eigenvalue weighted by atomic mass is 32.2. The molecule has 8 nitrogen and oxygen atoms in total. The molecule has 44 heavy (non-hydrogen) atoms. The van der Waals surface area contributed by atoms with Crippen molar-refractivity contribution in [2.24, 2.45) is 0 Å². The molecule has 2 aromatic carbocycles. The molecule has 0 spiro atoms. The first-order valence-electron chi connectivity index (χ1n) is 13.3. The van der Waals surface area contributed by atoms with Gasteiger partial charge in [-0.25, -0.2) is 13.2 Å². The van der Waals surface area contributed by atoms with Gasteiger partial charge in [-0.05, 0) is 90.6 Å². The van der Waals surface area contributed by atoms with Crippen LogP contribution in [0.15, 0.2) is 40.1 Å². The molecule has 2 aromatic rings. The minimum Gasteiger partial charge on any atom is -0.478 e. The summed E-state index contributed by atoms with van der Waals surface area (Å²) in [6.07, 6.45) is -10.5. The molecule has 0 bridgehead atoms. The van der Waals surface area contributed by atoms with E-state index >= 15 is 0 Å². The number of hydrogen-bond acceptors (Lipinski definition) is 7. The largest absolute Gasteiger partial charge is 0.494 e. The van der Waals surface area contributed by atoms with Gasteiger partial charge in [0.1, 0.15) is 0 Å². The highest BCUT2D eigenvalue weighted by molar-refractivity contribution is 7.91. The normalized spacial score (nSPS) is 21.1. The molecule has 2 heterocycles. The minimum atomic E-state index is -5.40. The predicted octanol–water partition coefficient (Wildman–Crippen LogP) is 4.85. The highest BCUT2D eigenvalue weighted by Crippen LogP contribution is 2.41. The molecule has 0 saturated carbocycles. The lowest BCUT2D eigenvalue weighted by molar-refractivity contribution is -0.138. The third kappa shape index (κ3) is 5.88. The number of carboxylic acid groups (broad SMARTS) is 1. The van der Waals surface area contributed by atoms with Crippen LogP contribution in [-0.4, -0.2) is 56.1 Å². The van der Waals surface area contributed by atoms with Gasteiger partial charge in [0.2, 0.25) is 9.84 Å². The van der Waals surface area contributed by atoms with Gasteiger partial charge < -0.3 is 23.7 Å². The van der Waals surface area contributed by atoms with Crippen LogP contribution in [0.2, 0.25) is 0 Å². The van der Waals surface area contributed by atoms with E-state index < -0.39 is 102 Å². The van der Waals surface area contributed by atoms with Crippen molar-refractivity contribution in [3.05, 3.63) is 47.0 Å². The van der Waals surface area contributed by atoms with E-state index in [9.17, 15) is 44.7 Å². The zero-order valence-electron chi connectivity index (χ0n) is 25.0. The molecular weight excluding hydrogens is 620 g/mol. The number of alkyl halides is 6. The van der Waals surface area contributed by atoms with Crippen LogP contribution in [0.25, 0.3) is 0 Å². The Balaban J connectivity index is 2.00. The Hall–Kier alpha value is -2.59. The summed E-state index contributed by atoms with van der Waals surface area (Å²) in [5.74, 6) is -2.27. The van der Waals surface area contributed by atoms with E-state index in [0.29, 0.717) is 18.2 Å². The average molecular weight is 650 g/mol. The van der Waals surface area contributed by atoms with Crippen molar-refractivity contribution in [3.63, 3.8) is 0 Å². The van der Waals surface area contributed by atoms with Crippen molar-refractivity contribution in [2.75, 3.05) is 0 Å². The quantitative estimate of drug-likeness (QED) is 0.362. The average Bonchev–Trinajstić information content (AvgIpc) is 3.21. The summed E-state index contributed by atoms with van der Waals surface area (Å²) in [5.41, 5.74) is -10.1. The molecule has 2 saturated heterocycles. The standard InChI is InChI=1S/C27H30B2F6O8S/c1-22(2)23(3,4)41-28(40-22)15-9-14(26(30,31)32)10-17(11-15)44(38,39)19-13-16(29-42-24(5,6)25(7,8)43-29)12-18(27(33,34)35)20(19)21(36)37/h9-13H,1-8H3,(H,36,37). The number of carbonyl (C=O) groups is 1. The SMILES string of the molecule is CC1(C)OB(c2cc(C(F)(F)F)cc(S(=O)(=O)c3cc(B4OC(C)(C)C(C)(C)O4)cc(C(F)(F)F)c3C(=O)O)c2)OC1(C)C. The van der Waals surface area contributed by atoms with E-state index in [1.165, 1.54) is 0 Å². The van der Waals surface area contributed by atoms with E-state index in [2.05, 4.69) is 0 Å². The maximum absolute atomic E-state index is 14.3. The smallest absolute Gasteiger partial charge is 0.478 e. The van der Waals surface area contributed by atoms with Crippen LogP contribution < -0.4 is 10.9 Å². The Bertz CT molecular complexity index is 1590. The number of sulfone groups is 1. The van der Waals surface area contributed by atoms with Crippen molar-refractivity contribution in [1.82, 2.24) is 0 Å². The summed E-state index contributed by atoms with van der Waals surface area (Å²) in [6, 6.07) is 2.58. The van der Waals surface area contributed by atoms with Crippen molar-refractivity contribution < 1.29 is 63.3 Å². The fourth-order valence-corrected chi connectivity index (χ4v) is 6.18. The predicted molar refractivity (Wildman–Crippen MR) is 147 cm³/mol. The van der Waals surface area contributed by atoms with Crippen LogP contribution in [0.4, 0.5) is 26.3 Å². The summed E-state index contributed by atoms with van der Waals surface area (Å²) in [4.78, 5) is 9.68. The summed E-state index contributed by atoms with van der Waals surface area (Å²) in [7, 11) is -8.46. The van der Waals surface area contributed by atoms with Crippen LogP contribution in [0, 0.1) is 0 Å². The van der Waals surface area contributed by atoms with Gasteiger partial charge in [-0.2, -0.15) is 26.3 Å². The molecule has 2 aliphatic heterocycles. The van der Waals surface area contributed by atoms with E-state index in [1.54, 1.807) is 55.4 Å². The topological polar surface area (TPSA) is 108 Å². The number of aromatic carboxylic acids is 1. The van der Waals surface area contributed by atoms with E-state index in [4.69, 9.17) is 18.6 Å². The number of benzene rings is 2. The number of rotatable bonds is 5. The molecule has 0 unspecified atom stereocenters. The first-order chi connectivity index (χ1) is 19.6. The lowest BCUT2D eigenvalue weighted by atomic mass is 9.77. The molecular formula is C27H30B2F6O8S. The van der Waals surface area contributed by atoms with Gasteiger partial charge in [0.15, 0.2) is 0 Å². The summed E-state index contributed by atoms with van der Waals surface area (Å²) >= 11 is 0. The molecule has 0 aliphatic carbocycles. The minimum absolute atomic E-state index is 0.213. The first kappa shape index (κ1) is 34.3. The van der Waals surface area contributed by atoms with Gasteiger partial charge >= 0.3 is 32.6 Å². The Labute approximate surface area is 251 Å². The third-order valence-electron chi connectivity index (χ3n) is 8.55. The van der Waals surface area contributed by atoms with Crippen molar-refractivity contribution in [2.45, 2.75) is 99.9 Å². The molecule has 1 N–H and O–H groups in total. The highest BCUT2D eigenvalue weighted by Gasteiger charge is 2.54. The second-order valence-electron chi connectivity index (χ2n) is 12.7. The molecule has 17 heteroatoms. The monoisotopic (exact) mass is 650 g/mol. The van der Waals surface area contributed by atoms with Crippen LogP contribution in [-0.2, 0) is 40.8 Å². The Morgan fingerprint density at radius 1 is 0.682 bits per heavy atom. The molecule has 0 amide bonds. The fourth-order valence-electron chi connectivity index (χ4n) is 4.59. The zero-order chi connectivity index (χ0) is 33.6. The Morgan fingerprint density at radius 3 is 1.45 bits per heavy atom. The van der Waals surface area contributed by atoms with Crippen molar-refractivity contribution in [1.29, 1.82) is 0 Å². The van der Waals surface area contributed by atoms with Gasteiger partial charge in [-0.15, -0.1) is 0 Å². The maximum Gasteiger partial charge on any atom is 0.494 e. The van der Waals surface area contributed by atoms with Crippen LogP contribution in [0.1, 0.15) is 76.9 Å². The third-order valence-corrected chi connectivity index (χ3v) is 10.3. The fraction of sp³-hybridized carbons (Fsp3) is 0.519. The molecule has 0 atom stereocenters. The molecule has 0 radical (unpaired) electrons. The van der Waals surface area contributed by atoms with E-state index in [-0.39, 0.29) is 6.07 Å². The van der Waals surface area contributed by atoms with Crippen molar-refractivity contribution >= 4 is 41.0 Å².